The third-order valence-electron chi connectivity index (χ3n) is 7.49. The molecule has 11 atom stereocenters. The van der Waals surface area contributed by atoms with Crippen molar-refractivity contribution in [1.82, 2.24) is 24.8 Å². The molecule has 4 heterocycles. The van der Waals surface area contributed by atoms with Crippen LogP contribution in [0.15, 0.2) is 12.7 Å². The molecule has 250 valence electrons. The van der Waals surface area contributed by atoms with Gasteiger partial charge in [-0.2, -0.15) is 0 Å². The Labute approximate surface area is 256 Å². The summed E-state index contributed by atoms with van der Waals surface area (Å²) in [4.78, 5) is 49.3. The zero-order valence-electron chi connectivity index (χ0n) is 24.7. The normalized spacial score (nSPS) is 30.7. The van der Waals surface area contributed by atoms with E-state index in [1.807, 2.05) is 0 Å². The fraction of sp³-hybridized carbons (Fsp3) is 0.692. The molecule has 19 heteroatoms. The van der Waals surface area contributed by atoms with Crippen LogP contribution in [0.5, 0.6) is 0 Å². The minimum atomic E-state index is -1.66. The monoisotopic (exact) mass is 642 g/mol. The van der Waals surface area contributed by atoms with Crippen molar-refractivity contribution in [3.63, 3.8) is 0 Å². The minimum Gasteiger partial charge on any atom is -0.480 e. The number of hydrogen-bond acceptors (Lipinski definition) is 15. The summed E-state index contributed by atoms with van der Waals surface area (Å²) in [5, 5.41) is 64.2. The van der Waals surface area contributed by atoms with Gasteiger partial charge < -0.3 is 54.9 Å². The van der Waals surface area contributed by atoms with Crippen molar-refractivity contribution in [2.24, 2.45) is 0 Å². The van der Waals surface area contributed by atoms with Crippen LogP contribution in [0.25, 0.3) is 11.2 Å². The van der Waals surface area contributed by atoms with E-state index in [1.165, 1.54) is 17.8 Å². The van der Waals surface area contributed by atoms with Crippen molar-refractivity contribution in [3.05, 3.63) is 12.7 Å². The van der Waals surface area contributed by atoms with E-state index in [4.69, 9.17) is 18.9 Å². The second-order valence-electron chi connectivity index (χ2n) is 11.0. The van der Waals surface area contributed by atoms with Crippen LogP contribution in [0, 0.1) is 0 Å². The Morgan fingerprint density at radius 2 is 1.80 bits per heavy atom. The number of aliphatic hydroxyl groups is 5. The lowest BCUT2D eigenvalue weighted by molar-refractivity contribution is -0.273. The largest absolute Gasteiger partial charge is 0.480 e. The molecule has 2 aliphatic rings. The highest BCUT2D eigenvalue weighted by molar-refractivity contribution is 5.97. The number of carbonyl (C=O) groups excluding carboxylic acids is 2. The standard InChI is InChI=1S/C26H38N6O13/c1-10(43-25-14(34)6-13(33)11(2)45-25)4-5-16(36)44-12(3)17(24(39)40)30-26(41)31-21-18-22(28-8-27-21)32(9-29-18)23-20(38)19(37)15(35)7-42-23/h8-15,17,19-20,23,25,33-35,37-38H,4-7H2,1-3H3,(H,39,40)(H2,27,28,30,31,41)/t10-,11+,12+,13-,14+,15+,17-,19-,20-,23+,25-/m0/s1. The zero-order valence-corrected chi connectivity index (χ0v) is 24.7. The smallest absolute Gasteiger partial charge is 0.330 e. The first kappa shape index (κ1) is 34.3. The predicted octanol–water partition coefficient (Wildman–Crippen LogP) is -2.01. The molecule has 4 rings (SSSR count). The molecule has 0 bridgehead atoms. The number of aliphatic hydroxyl groups excluding tert-OH is 5. The van der Waals surface area contributed by atoms with Gasteiger partial charge in [0.2, 0.25) is 0 Å². The summed E-state index contributed by atoms with van der Waals surface area (Å²) in [6, 6.07) is -2.67. The highest BCUT2D eigenvalue weighted by atomic mass is 16.7. The van der Waals surface area contributed by atoms with Gasteiger partial charge in [0, 0.05) is 12.8 Å². The number of hydrogen-bond donors (Lipinski definition) is 8. The molecule has 45 heavy (non-hydrogen) atoms. The Kier molecular flexibility index (Phi) is 11.2. The number of urea groups is 1. The van der Waals surface area contributed by atoms with Gasteiger partial charge in [0.05, 0.1) is 31.2 Å². The Hall–Kier alpha value is -3.56. The van der Waals surface area contributed by atoms with E-state index < -0.39 is 85.4 Å². The summed E-state index contributed by atoms with van der Waals surface area (Å²) in [5.74, 6) is -2.36. The number of nitrogens with zero attached hydrogens (tertiary/aromatic N) is 4. The molecule has 0 aliphatic carbocycles. The molecule has 2 aliphatic heterocycles. The average molecular weight is 643 g/mol. The lowest BCUT2D eigenvalue weighted by Gasteiger charge is -2.36. The van der Waals surface area contributed by atoms with Crippen LogP contribution < -0.4 is 10.6 Å². The van der Waals surface area contributed by atoms with E-state index >= 15 is 0 Å². The first-order valence-electron chi connectivity index (χ1n) is 14.3. The lowest BCUT2D eigenvalue weighted by Crippen LogP contribution is -2.50. The number of anilines is 1. The number of aromatic nitrogens is 4. The molecule has 0 aromatic carbocycles. The fourth-order valence-corrected chi connectivity index (χ4v) is 4.85. The number of fused-ring (bicyclic) bond motifs is 1. The van der Waals surface area contributed by atoms with Gasteiger partial charge in [0.15, 0.2) is 35.5 Å². The first-order valence-corrected chi connectivity index (χ1v) is 14.3. The third kappa shape index (κ3) is 8.19. The van der Waals surface area contributed by atoms with Crippen LogP contribution in [0.3, 0.4) is 0 Å². The van der Waals surface area contributed by atoms with Gasteiger partial charge >= 0.3 is 18.0 Å². The highest BCUT2D eigenvalue weighted by Crippen LogP contribution is 2.28. The average Bonchev–Trinajstić information content (AvgIpc) is 3.41. The lowest BCUT2D eigenvalue weighted by atomic mass is 10.0. The molecule has 0 saturated carbocycles. The predicted molar refractivity (Wildman–Crippen MR) is 148 cm³/mol. The molecule has 8 N–H and O–H groups in total. The molecule has 2 aromatic rings. The van der Waals surface area contributed by atoms with E-state index in [0.29, 0.717) is 0 Å². The summed E-state index contributed by atoms with van der Waals surface area (Å²) in [6.45, 7) is 4.32. The van der Waals surface area contributed by atoms with Crippen LogP contribution in [0.4, 0.5) is 10.6 Å². The van der Waals surface area contributed by atoms with Gasteiger partial charge in [0.25, 0.3) is 0 Å². The quantitative estimate of drug-likeness (QED) is 0.123. The van der Waals surface area contributed by atoms with E-state index in [0.717, 1.165) is 6.33 Å². The van der Waals surface area contributed by atoms with E-state index in [2.05, 4.69) is 25.6 Å². The van der Waals surface area contributed by atoms with Crippen LogP contribution >= 0.6 is 0 Å². The fourth-order valence-electron chi connectivity index (χ4n) is 4.85. The molecule has 2 fully saturated rings. The van der Waals surface area contributed by atoms with Crippen LogP contribution in [-0.2, 0) is 28.5 Å². The van der Waals surface area contributed by atoms with Gasteiger partial charge in [-0.15, -0.1) is 0 Å². The number of amides is 2. The molecule has 0 unspecified atom stereocenters. The van der Waals surface area contributed by atoms with Crippen LogP contribution in [0.2, 0.25) is 0 Å². The second kappa shape index (κ2) is 14.7. The number of carboxylic acid groups (broad SMARTS) is 1. The van der Waals surface area contributed by atoms with Gasteiger partial charge in [-0.3, -0.25) is 14.7 Å². The summed E-state index contributed by atoms with van der Waals surface area (Å²) >= 11 is 0. The van der Waals surface area contributed by atoms with Crippen molar-refractivity contribution >= 4 is 35.0 Å². The minimum absolute atomic E-state index is 0.0449. The first-order chi connectivity index (χ1) is 21.3. The maximum absolute atomic E-state index is 12.8. The van der Waals surface area contributed by atoms with Crippen molar-refractivity contribution in [2.75, 3.05) is 11.9 Å². The van der Waals surface area contributed by atoms with Crippen molar-refractivity contribution in [1.29, 1.82) is 0 Å². The maximum Gasteiger partial charge on any atom is 0.330 e. The number of carboxylic acids is 1. The number of esters is 1. The molecule has 0 radical (unpaired) electrons. The Bertz CT molecular complexity index is 1350. The summed E-state index contributed by atoms with van der Waals surface area (Å²) in [7, 11) is 0. The molecule has 2 saturated heterocycles. The number of imidazole rings is 1. The van der Waals surface area contributed by atoms with E-state index in [9.17, 15) is 45.0 Å². The molecular formula is C26H38N6O13. The second-order valence-corrected chi connectivity index (χ2v) is 11.0. The van der Waals surface area contributed by atoms with Crippen molar-refractivity contribution in [2.45, 2.75) is 107 Å². The number of nitrogens with one attached hydrogen (secondary N) is 2. The van der Waals surface area contributed by atoms with Gasteiger partial charge in [-0.25, -0.2) is 24.5 Å². The number of carbonyl (C=O) groups is 3. The summed E-state index contributed by atoms with van der Waals surface area (Å²) in [5.41, 5.74) is 0.142. The van der Waals surface area contributed by atoms with Gasteiger partial charge in [0.1, 0.15) is 36.8 Å². The SMILES string of the molecule is C[C@@H](CCC(=O)O[C@H](C)[C@H](NC(=O)Nc1ncnc2c1ncn2[C@@H]1OC[C@@H](O)[C@H](O)[C@@H]1O)C(=O)O)O[C@H]1O[C@H](C)[C@@H](O)C[C@H]1O. The molecule has 2 amide bonds. The van der Waals surface area contributed by atoms with Crippen molar-refractivity contribution < 1.29 is 64.0 Å². The van der Waals surface area contributed by atoms with Gasteiger partial charge in [-0.1, -0.05) is 0 Å². The maximum atomic E-state index is 12.8. The topological polar surface area (TPSA) is 277 Å². The summed E-state index contributed by atoms with van der Waals surface area (Å²) in [6.07, 6.45) is -8.32. The Morgan fingerprint density at radius 3 is 2.51 bits per heavy atom. The number of rotatable bonds is 11. The van der Waals surface area contributed by atoms with Crippen molar-refractivity contribution in [3.8, 4) is 0 Å². The zero-order chi connectivity index (χ0) is 33.0. The number of aliphatic carboxylic acids is 1. The Morgan fingerprint density at radius 1 is 1.07 bits per heavy atom. The molecular weight excluding hydrogens is 604 g/mol. The van der Waals surface area contributed by atoms with Gasteiger partial charge in [-0.05, 0) is 27.2 Å². The summed E-state index contributed by atoms with van der Waals surface area (Å²) < 4.78 is 23.0. The molecule has 0 spiro atoms. The van der Waals surface area contributed by atoms with Crippen LogP contribution in [-0.4, -0.2) is 136 Å². The molecule has 2 aromatic heterocycles. The van der Waals surface area contributed by atoms with E-state index in [1.54, 1.807) is 13.8 Å². The van der Waals surface area contributed by atoms with E-state index in [-0.39, 0.29) is 42.9 Å². The molecule has 19 nitrogen and oxygen atoms in total. The Balaban J connectivity index is 1.31. The van der Waals surface area contributed by atoms with Crippen LogP contribution in [0.1, 0.15) is 46.3 Å². The number of ether oxygens (including phenoxy) is 4. The third-order valence-corrected chi connectivity index (χ3v) is 7.49. The highest BCUT2D eigenvalue weighted by Gasteiger charge is 2.40.